The van der Waals surface area contributed by atoms with Gasteiger partial charge in [0.05, 0.1) is 18.7 Å². The molecule has 2 fully saturated rings. The third-order valence-corrected chi connectivity index (χ3v) is 4.55. The van der Waals surface area contributed by atoms with Gasteiger partial charge in [-0.25, -0.2) is 0 Å². The van der Waals surface area contributed by atoms with Gasteiger partial charge < -0.3 is 4.74 Å². The number of hydrogen-bond acceptors (Lipinski definition) is 3. The highest BCUT2D eigenvalue weighted by molar-refractivity contribution is 5.76. The molecule has 3 rings (SSSR count). The van der Waals surface area contributed by atoms with Crippen molar-refractivity contribution >= 4 is 5.97 Å². The number of H-pyrrole nitrogens is 1. The van der Waals surface area contributed by atoms with E-state index >= 15 is 0 Å². The van der Waals surface area contributed by atoms with Crippen LogP contribution in [-0.2, 0) is 22.1 Å². The van der Waals surface area contributed by atoms with Crippen molar-refractivity contribution in [3.05, 3.63) is 17.5 Å². The van der Waals surface area contributed by atoms with Crippen molar-refractivity contribution in [2.24, 2.45) is 17.8 Å². The van der Waals surface area contributed by atoms with E-state index in [1.54, 1.807) is 0 Å². The molecule has 0 unspecified atom stereocenters. The van der Waals surface area contributed by atoms with Crippen LogP contribution in [0, 0.1) is 17.8 Å². The second kappa shape index (κ2) is 5.35. The number of alkyl halides is 3. The van der Waals surface area contributed by atoms with E-state index in [1.165, 1.54) is 0 Å². The Hall–Kier alpha value is -1.53. The summed E-state index contributed by atoms with van der Waals surface area (Å²) in [6, 6.07) is 0. The second-order valence-corrected chi connectivity index (χ2v) is 5.82. The normalized spacial score (nSPS) is 28.0. The first-order valence-corrected chi connectivity index (χ1v) is 7.24. The van der Waals surface area contributed by atoms with E-state index < -0.39 is 11.9 Å². The fourth-order valence-electron chi connectivity index (χ4n) is 3.45. The first-order chi connectivity index (χ1) is 9.98. The largest absolute Gasteiger partial charge is 0.465 e. The molecule has 0 saturated heterocycles. The summed E-state index contributed by atoms with van der Waals surface area (Å²) in [6.07, 6.45) is 1.17. The Bertz CT molecular complexity index is 515. The smallest absolute Gasteiger partial charge is 0.433 e. The van der Waals surface area contributed by atoms with Crippen molar-refractivity contribution in [2.75, 3.05) is 6.61 Å². The Morgan fingerprint density at radius 1 is 1.33 bits per heavy atom. The van der Waals surface area contributed by atoms with Gasteiger partial charge >= 0.3 is 12.1 Å². The summed E-state index contributed by atoms with van der Waals surface area (Å²) < 4.78 is 43.0. The standard InChI is InChI=1S/C14H17F3N2O2/c15-14(16,17)12-8(7-18-19-12)5-6-21-13(20)11-9-3-1-2-4-10(9)11/h7,9-11H,1-6H2,(H,18,19)/t9-,10-/m1/s1. The van der Waals surface area contributed by atoms with Gasteiger partial charge in [0.25, 0.3) is 0 Å². The minimum atomic E-state index is -4.46. The van der Waals surface area contributed by atoms with E-state index in [9.17, 15) is 18.0 Å². The zero-order valence-corrected chi connectivity index (χ0v) is 11.4. The molecule has 21 heavy (non-hydrogen) atoms. The van der Waals surface area contributed by atoms with Crippen molar-refractivity contribution < 1.29 is 22.7 Å². The zero-order chi connectivity index (χ0) is 15.0. The van der Waals surface area contributed by atoms with E-state index in [1.807, 2.05) is 5.10 Å². The molecule has 1 heterocycles. The summed E-state index contributed by atoms with van der Waals surface area (Å²) in [5.41, 5.74) is -0.831. The summed E-state index contributed by atoms with van der Waals surface area (Å²) in [5.74, 6) is 0.639. The molecule has 1 aromatic heterocycles. The topological polar surface area (TPSA) is 55.0 Å². The number of aromatic amines is 1. The second-order valence-electron chi connectivity index (χ2n) is 5.82. The molecule has 4 nitrogen and oxygen atoms in total. The molecule has 0 aliphatic heterocycles. The minimum Gasteiger partial charge on any atom is -0.465 e. The lowest BCUT2D eigenvalue weighted by molar-refractivity contribution is -0.146. The van der Waals surface area contributed by atoms with Gasteiger partial charge in [0.15, 0.2) is 0 Å². The summed E-state index contributed by atoms with van der Waals surface area (Å²) in [4.78, 5) is 11.9. The predicted molar refractivity (Wildman–Crippen MR) is 67.2 cm³/mol. The molecule has 2 saturated carbocycles. The molecule has 116 valence electrons. The lowest BCUT2D eigenvalue weighted by Crippen LogP contribution is -2.14. The Labute approximate surface area is 120 Å². The van der Waals surface area contributed by atoms with Gasteiger partial charge in [-0.3, -0.25) is 9.89 Å². The van der Waals surface area contributed by atoms with Crippen LogP contribution in [0.5, 0.6) is 0 Å². The highest BCUT2D eigenvalue weighted by Crippen LogP contribution is 2.55. The number of rotatable bonds is 4. The van der Waals surface area contributed by atoms with Crippen LogP contribution in [0.1, 0.15) is 36.9 Å². The number of aromatic nitrogens is 2. The maximum atomic E-state index is 12.6. The van der Waals surface area contributed by atoms with Crippen LogP contribution >= 0.6 is 0 Å². The molecule has 0 bridgehead atoms. The summed E-state index contributed by atoms with van der Waals surface area (Å²) >= 11 is 0. The molecule has 0 amide bonds. The summed E-state index contributed by atoms with van der Waals surface area (Å²) in [7, 11) is 0. The number of fused-ring (bicyclic) bond motifs is 1. The maximum absolute atomic E-state index is 12.6. The molecule has 7 heteroatoms. The van der Waals surface area contributed by atoms with E-state index in [0.717, 1.165) is 31.9 Å². The van der Waals surface area contributed by atoms with Gasteiger partial charge in [-0.15, -0.1) is 0 Å². The fraction of sp³-hybridized carbons (Fsp3) is 0.714. The Morgan fingerprint density at radius 3 is 2.62 bits per heavy atom. The van der Waals surface area contributed by atoms with Crippen LogP contribution in [0.2, 0.25) is 0 Å². The first kappa shape index (κ1) is 14.4. The van der Waals surface area contributed by atoms with Gasteiger partial charge in [-0.05, 0) is 24.7 Å². The molecular formula is C14H17F3N2O2. The highest BCUT2D eigenvalue weighted by atomic mass is 19.4. The number of carbonyl (C=O) groups is 1. The summed E-state index contributed by atoms with van der Waals surface area (Å²) in [6.45, 7) is -0.0304. The number of halogens is 3. The lowest BCUT2D eigenvalue weighted by Gasteiger charge is -2.07. The van der Waals surface area contributed by atoms with Crippen molar-refractivity contribution in [2.45, 2.75) is 38.3 Å². The zero-order valence-electron chi connectivity index (χ0n) is 11.4. The summed E-state index contributed by atoms with van der Waals surface area (Å²) in [5, 5.41) is 5.35. The third kappa shape index (κ3) is 2.91. The van der Waals surface area contributed by atoms with Crippen LogP contribution in [0.25, 0.3) is 0 Å². The predicted octanol–water partition coefficient (Wildman–Crippen LogP) is 2.95. The van der Waals surface area contributed by atoms with Crippen LogP contribution in [0.15, 0.2) is 6.20 Å². The van der Waals surface area contributed by atoms with Crippen LogP contribution in [0.3, 0.4) is 0 Å². The molecule has 2 aliphatic rings. The average molecular weight is 302 g/mol. The molecule has 2 atom stereocenters. The Kier molecular flexibility index (Phi) is 3.67. The Morgan fingerprint density at radius 2 is 2.00 bits per heavy atom. The van der Waals surface area contributed by atoms with Gasteiger partial charge in [-0.2, -0.15) is 18.3 Å². The number of nitrogens with zero attached hydrogens (tertiary/aromatic N) is 1. The molecule has 2 aliphatic carbocycles. The number of nitrogens with one attached hydrogen (secondary N) is 1. The molecule has 0 aromatic carbocycles. The van der Waals surface area contributed by atoms with Crippen LogP contribution in [-0.4, -0.2) is 22.8 Å². The Balaban J connectivity index is 1.49. The van der Waals surface area contributed by atoms with Gasteiger partial charge in [0.1, 0.15) is 5.69 Å². The molecule has 0 radical (unpaired) electrons. The molecule has 1 N–H and O–H groups in total. The van der Waals surface area contributed by atoms with Crippen molar-refractivity contribution in [1.82, 2.24) is 10.2 Å². The van der Waals surface area contributed by atoms with E-state index in [4.69, 9.17) is 4.74 Å². The number of esters is 1. The van der Waals surface area contributed by atoms with E-state index in [0.29, 0.717) is 11.8 Å². The van der Waals surface area contributed by atoms with Crippen molar-refractivity contribution in [1.29, 1.82) is 0 Å². The van der Waals surface area contributed by atoms with Gasteiger partial charge in [0, 0.05) is 12.0 Å². The van der Waals surface area contributed by atoms with Crippen LogP contribution in [0.4, 0.5) is 13.2 Å². The highest BCUT2D eigenvalue weighted by Gasteiger charge is 2.55. The monoisotopic (exact) mass is 302 g/mol. The molecular weight excluding hydrogens is 285 g/mol. The fourth-order valence-corrected chi connectivity index (χ4v) is 3.45. The third-order valence-electron chi connectivity index (χ3n) is 4.55. The quantitative estimate of drug-likeness (QED) is 0.870. The van der Waals surface area contributed by atoms with Crippen molar-refractivity contribution in [3.8, 4) is 0 Å². The number of carbonyl (C=O) groups excluding carboxylic acids is 1. The SMILES string of the molecule is O=C(OCCc1cn[nH]c1C(F)(F)F)C1[C@@H]2CCCC[C@@H]12. The molecule has 1 aromatic rings. The van der Waals surface area contributed by atoms with Gasteiger partial charge in [-0.1, -0.05) is 12.8 Å². The van der Waals surface area contributed by atoms with E-state index in [2.05, 4.69) is 5.10 Å². The average Bonchev–Trinajstić information content (AvgIpc) is 2.96. The molecule has 0 spiro atoms. The van der Waals surface area contributed by atoms with Gasteiger partial charge in [0.2, 0.25) is 0 Å². The number of ether oxygens (including phenoxy) is 1. The maximum Gasteiger partial charge on any atom is 0.433 e. The van der Waals surface area contributed by atoms with E-state index in [-0.39, 0.29) is 30.5 Å². The van der Waals surface area contributed by atoms with Crippen LogP contribution < -0.4 is 0 Å². The lowest BCUT2D eigenvalue weighted by atomic mass is 10.0. The van der Waals surface area contributed by atoms with Crippen molar-refractivity contribution in [3.63, 3.8) is 0 Å². The first-order valence-electron chi connectivity index (χ1n) is 7.24. The number of hydrogen-bond donors (Lipinski definition) is 1. The minimum absolute atomic E-state index is 0.0149.